The van der Waals surface area contributed by atoms with Crippen molar-refractivity contribution in [3.05, 3.63) is 101 Å². The van der Waals surface area contributed by atoms with Crippen molar-refractivity contribution < 1.29 is 27.5 Å². The largest absolute Gasteiger partial charge is 0.473 e. The number of rotatable bonds is 8. The minimum atomic E-state index is -4.60. The van der Waals surface area contributed by atoms with E-state index >= 15 is 0 Å². The molecule has 4 aromatic rings. The van der Waals surface area contributed by atoms with E-state index in [1.54, 1.807) is 60.8 Å². The number of H-pyrrole nitrogens is 1. The van der Waals surface area contributed by atoms with Crippen LogP contribution in [0.2, 0.25) is 0 Å². The number of alkyl halides is 3. The van der Waals surface area contributed by atoms with E-state index in [4.69, 9.17) is 10.00 Å². The molecule has 1 saturated heterocycles. The van der Waals surface area contributed by atoms with Crippen molar-refractivity contribution in [1.29, 1.82) is 5.26 Å². The normalized spacial score (nSPS) is 15.6. The predicted molar refractivity (Wildman–Crippen MR) is 173 cm³/mol. The van der Waals surface area contributed by atoms with Crippen molar-refractivity contribution in [3.63, 3.8) is 0 Å². The van der Waals surface area contributed by atoms with Crippen LogP contribution in [0.4, 0.5) is 35.9 Å². The summed E-state index contributed by atoms with van der Waals surface area (Å²) in [5, 5.41) is 17.7. The van der Waals surface area contributed by atoms with E-state index in [0.717, 1.165) is 17.7 Å². The van der Waals surface area contributed by atoms with Gasteiger partial charge in [0.05, 0.1) is 22.4 Å². The molecule has 0 aliphatic carbocycles. The highest BCUT2D eigenvalue weighted by atomic mass is 19.4. The first-order valence-electron chi connectivity index (χ1n) is 14.8. The Labute approximate surface area is 268 Å². The van der Waals surface area contributed by atoms with Gasteiger partial charge in [-0.05, 0) is 61.7 Å². The van der Waals surface area contributed by atoms with Gasteiger partial charge in [-0.3, -0.25) is 9.59 Å². The Morgan fingerprint density at radius 1 is 1.04 bits per heavy atom. The third-order valence-electron chi connectivity index (χ3n) is 7.92. The predicted octanol–water partition coefficient (Wildman–Crippen LogP) is 5.85. The average Bonchev–Trinajstić information content (AvgIpc) is 3.64. The van der Waals surface area contributed by atoms with E-state index in [0.29, 0.717) is 71.5 Å². The van der Waals surface area contributed by atoms with Crippen molar-refractivity contribution in [2.75, 3.05) is 60.8 Å². The van der Waals surface area contributed by atoms with Crippen LogP contribution in [0.3, 0.4) is 0 Å². The number of carbonyl (C=O) groups excluding carboxylic acids is 2. The van der Waals surface area contributed by atoms with Crippen LogP contribution in [0.25, 0.3) is 11.6 Å². The molecule has 0 saturated carbocycles. The van der Waals surface area contributed by atoms with E-state index in [1.165, 1.54) is 6.07 Å². The zero-order valence-corrected chi connectivity index (χ0v) is 25.2. The van der Waals surface area contributed by atoms with Gasteiger partial charge in [0.2, 0.25) is 0 Å². The second-order valence-electron chi connectivity index (χ2n) is 11.2. The lowest BCUT2D eigenvalue weighted by Crippen LogP contribution is -2.44. The Balaban J connectivity index is 1.09. The molecule has 0 bridgehead atoms. The van der Waals surface area contributed by atoms with Gasteiger partial charge in [0, 0.05) is 72.3 Å². The fraction of sp³-hybridized carbons (Fsp3) is 0.206. The molecule has 3 heterocycles. The number of nitriles is 1. The van der Waals surface area contributed by atoms with Gasteiger partial charge in [-0.25, -0.2) is 0 Å². The van der Waals surface area contributed by atoms with Crippen LogP contribution >= 0.6 is 0 Å². The second kappa shape index (κ2) is 12.9. The number of anilines is 4. The van der Waals surface area contributed by atoms with Crippen molar-refractivity contribution in [1.82, 2.24) is 9.88 Å². The van der Waals surface area contributed by atoms with E-state index in [1.807, 2.05) is 18.0 Å². The number of carbonyl (C=O) groups is 2. The summed E-state index contributed by atoms with van der Waals surface area (Å²) in [6.45, 7) is 2.59. The molecule has 1 aromatic heterocycles. The Morgan fingerprint density at radius 3 is 2.60 bits per heavy atom. The van der Waals surface area contributed by atoms with Crippen LogP contribution in [-0.4, -0.2) is 61.7 Å². The Morgan fingerprint density at radius 2 is 1.85 bits per heavy atom. The molecule has 13 heteroatoms. The van der Waals surface area contributed by atoms with Gasteiger partial charge in [0.25, 0.3) is 11.8 Å². The first-order valence-corrected chi connectivity index (χ1v) is 14.8. The van der Waals surface area contributed by atoms with Crippen molar-refractivity contribution in [2.24, 2.45) is 0 Å². The third kappa shape index (κ3) is 7.23. The summed E-state index contributed by atoms with van der Waals surface area (Å²) in [5.74, 6) is -0.516. The SMILES string of the molecule is CN1CCN(c2cc(C(=O)Nc3cccc(OCNc4ccc5c(c4)NC(=O)C5=Cc4cc(C#N)c[nH]4)c3)cc(C(F)(F)F)c2)CC1. The molecule has 3 aromatic carbocycles. The average molecular weight is 642 g/mol. The summed E-state index contributed by atoms with van der Waals surface area (Å²) in [6, 6.07) is 19.1. The number of nitrogens with one attached hydrogen (secondary N) is 4. The van der Waals surface area contributed by atoms with Crippen molar-refractivity contribution >= 4 is 46.2 Å². The van der Waals surface area contributed by atoms with E-state index in [-0.39, 0.29) is 18.2 Å². The zero-order valence-electron chi connectivity index (χ0n) is 25.2. The maximum absolute atomic E-state index is 13.7. The fourth-order valence-corrected chi connectivity index (χ4v) is 5.39. The molecule has 240 valence electrons. The highest BCUT2D eigenvalue weighted by Gasteiger charge is 2.33. The minimum Gasteiger partial charge on any atom is -0.473 e. The highest BCUT2D eigenvalue weighted by Crippen LogP contribution is 2.36. The van der Waals surface area contributed by atoms with Crippen LogP contribution in [0.1, 0.15) is 32.7 Å². The Hall–Kier alpha value is -5.74. The van der Waals surface area contributed by atoms with E-state index < -0.39 is 17.6 Å². The molecule has 1 fully saturated rings. The molecule has 4 N–H and O–H groups in total. The number of fused-ring (bicyclic) bond motifs is 1. The number of aromatic nitrogens is 1. The minimum absolute atomic E-state index is 0.0499. The standard InChI is InChI=1S/C34H30F3N7O3/c1-43-7-9-44(10-8-43)27-13-22(12-23(14-27)34(35,36)37)32(45)41-25-3-2-4-28(15-25)47-20-40-24-5-6-29-30(33(46)42-31(29)17-24)16-26-11-21(18-38)19-39-26/h2-6,11-17,19,39-40H,7-10,20H2,1H3,(H,41,45)(H,42,46). The number of ether oxygens (including phenoxy) is 1. The molecule has 0 spiro atoms. The van der Waals surface area contributed by atoms with Crippen LogP contribution < -0.4 is 25.6 Å². The van der Waals surface area contributed by atoms with Crippen molar-refractivity contribution in [3.8, 4) is 11.8 Å². The van der Waals surface area contributed by atoms with Crippen LogP contribution in [0.15, 0.2) is 72.9 Å². The number of nitrogens with zero attached hydrogens (tertiary/aromatic N) is 3. The molecule has 2 aliphatic rings. The molecule has 10 nitrogen and oxygen atoms in total. The molecule has 0 atom stereocenters. The molecule has 0 radical (unpaired) electrons. The van der Waals surface area contributed by atoms with Gasteiger partial charge >= 0.3 is 6.18 Å². The number of aromatic amines is 1. The molecule has 6 rings (SSSR count). The summed E-state index contributed by atoms with van der Waals surface area (Å²) < 4.78 is 47.0. The highest BCUT2D eigenvalue weighted by molar-refractivity contribution is 6.35. The van der Waals surface area contributed by atoms with Gasteiger partial charge in [0.15, 0.2) is 6.73 Å². The molecular weight excluding hydrogens is 611 g/mol. The molecule has 47 heavy (non-hydrogen) atoms. The summed E-state index contributed by atoms with van der Waals surface area (Å²) in [6.07, 6.45) is -1.35. The summed E-state index contributed by atoms with van der Waals surface area (Å²) in [7, 11) is 1.96. The first kappa shape index (κ1) is 31.3. The molecular formula is C34H30F3N7O3. The Bertz CT molecular complexity index is 1900. The maximum Gasteiger partial charge on any atom is 0.416 e. The van der Waals surface area contributed by atoms with Crippen molar-refractivity contribution in [2.45, 2.75) is 6.18 Å². The number of amides is 2. The monoisotopic (exact) mass is 641 g/mol. The number of hydrogen-bond donors (Lipinski definition) is 4. The van der Waals surface area contributed by atoms with Gasteiger partial charge in [-0.1, -0.05) is 12.1 Å². The summed E-state index contributed by atoms with van der Waals surface area (Å²) in [5.41, 5.74) is 3.33. The number of halogens is 3. The van der Waals surface area contributed by atoms with E-state index in [2.05, 4.69) is 25.8 Å². The van der Waals surface area contributed by atoms with Gasteiger partial charge < -0.3 is 35.5 Å². The Kier molecular flexibility index (Phi) is 8.60. The number of hydrogen-bond acceptors (Lipinski definition) is 7. The number of piperazine rings is 1. The fourth-order valence-electron chi connectivity index (χ4n) is 5.39. The summed E-state index contributed by atoms with van der Waals surface area (Å²) in [4.78, 5) is 32.6. The van der Waals surface area contributed by atoms with Gasteiger partial charge in [-0.2, -0.15) is 18.4 Å². The lowest BCUT2D eigenvalue weighted by atomic mass is 10.1. The van der Waals surface area contributed by atoms with E-state index in [9.17, 15) is 22.8 Å². The van der Waals surface area contributed by atoms with Crippen LogP contribution in [0.5, 0.6) is 5.75 Å². The smallest absolute Gasteiger partial charge is 0.416 e. The van der Waals surface area contributed by atoms with Gasteiger partial charge in [0.1, 0.15) is 11.8 Å². The quantitative estimate of drug-likeness (QED) is 0.141. The lowest BCUT2D eigenvalue weighted by molar-refractivity contribution is -0.137. The van der Waals surface area contributed by atoms with Gasteiger partial charge in [-0.15, -0.1) is 0 Å². The third-order valence-corrected chi connectivity index (χ3v) is 7.92. The topological polar surface area (TPSA) is 126 Å². The second-order valence-corrected chi connectivity index (χ2v) is 11.2. The van der Waals surface area contributed by atoms with Crippen LogP contribution in [0, 0.1) is 11.3 Å². The summed E-state index contributed by atoms with van der Waals surface area (Å²) >= 11 is 0. The molecule has 2 aliphatic heterocycles. The lowest BCUT2D eigenvalue weighted by Gasteiger charge is -2.34. The number of benzene rings is 3. The maximum atomic E-state index is 13.7. The molecule has 0 unspecified atom stereocenters. The first-order chi connectivity index (χ1) is 22.6. The van der Waals surface area contributed by atoms with Crippen LogP contribution in [-0.2, 0) is 11.0 Å². The number of likely N-dealkylation sites (N-methyl/N-ethyl adjacent to an activating group) is 1. The zero-order chi connectivity index (χ0) is 33.1. The molecule has 2 amide bonds.